The minimum absolute atomic E-state index is 0.0111. The molecule has 2 aromatic rings. The summed E-state index contributed by atoms with van der Waals surface area (Å²) in [7, 11) is 1.27. The Balaban J connectivity index is 1.92. The molecule has 0 aromatic heterocycles. The van der Waals surface area contributed by atoms with Crippen LogP contribution in [0.15, 0.2) is 60.7 Å². The number of ether oxygens (including phenoxy) is 2. The van der Waals surface area contributed by atoms with E-state index in [1.54, 1.807) is 0 Å². The maximum atomic E-state index is 12.7. The second-order valence-electron chi connectivity index (χ2n) is 6.52. The highest BCUT2D eigenvalue weighted by Gasteiger charge is 2.22. The van der Waals surface area contributed by atoms with Gasteiger partial charge in [-0.3, -0.25) is 9.59 Å². The molecule has 2 rings (SSSR count). The largest absolute Gasteiger partial charge is 0.468 e. The third-order valence-electron chi connectivity index (χ3n) is 4.18. The molecule has 0 heterocycles. The maximum Gasteiger partial charge on any atom is 0.408 e. The Morgan fingerprint density at radius 1 is 0.903 bits per heavy atom. The van der Waals surface area contributed by atoms with Crippen LogP contribution in [0.2, 0.25) is 0 Å². The summed E-state index contributed by atoms with van der Waals surface area (Å²) in [6.45, 7) is 0.00772. The summed E-state index contributed by atoms with van der Waals surface area (Å²) in [6.07, 6.45) is -0.429. The quantitative estimate of drug-likeness (QED) is 0.379. The number of carbonyl (C=O) groups excluding carboxylic acids is 3. The summed E-state index contributed by atoms with van der Waals surface area (Å²) in [5.41, 5.74) is 1.71. The Morgan fingerprint density at radius 3 is 2.13 bits per heavy atom. The molecule has 8 nitrogen and oxygen atoms in total. The zero-order valence-electron chi connectivity index (χ0n) is 17.1. The number of amides is 2. The summed E-state index contributed by atoms with van der Waals surface area (Å²) in [6, 6.07) is 17.7. The second kappa shape index (κ2) is 13.0. The number of hydrogen-bond acceptors (Lipinski definition) is 6. The highest BCUT2D eigenvalue weighted by molar-refractivity contribution is 7.80. The van der Waals surface area contributed by atoms with E-state index in [0.29, 0.717) is 0 Å². The van der Waals surface area contributed by atoms with E-state index in [1.165, 1.54) is 7.11 Å². The van der Waals surface area contributed by atoms with Crippen LogP contribution in [0.3, 0.4) is 0 Å². The topological polar surface area (TPSA) is 106 Å². The SMILES string of the molecule is COC(=O)CNC(=S)CNC(=O)[C@H](Cc1ccccc1)NC(=O)OCc1ccccc1. The third kappa shape index (κ3) is 9.26. The highest BCUT2D eigenvalue weighted by Crippen LogP contribution is 2.05. The second-order valence-corrected chi connectivity index (χ2v) is 7.01. The number of carbonyl (C=O) groups is 3. The fourth-order valence-corrected chi connectivity index (χ4v) is 2.71. The molecule has 9 heteroatoms. The Morgan fingerprint density at radius 2 is 1.52 bits per heavy atom. The molecule has 164 valence electrons. The van der Waals surface area contributed by atoms with Crippen molar-refractivity contribution in [2.45, 2.75) is 19.1 Å². The molecule has 3 N–H and O–H groups in total. The van der Waals surface area contributed by atoms with Gasteiger partial charge in [0.25, 0.3) is 0 Å². The Bertz CT molecular complexity index is 877. The van der Waals surface area contributed by atoms with Crippen LogP contribution in [-0.4, -0.2) is 49.2 Å². The van der Waals surface area contributed by atoms with Gasteiger partial charge in [-0.1, -0.05) is 72.9 Å². The Kier molecular flexibility index (Phi) is 9.96. The van der Waals surface area contributed by atoms with E-state index in [9.17, 15) is 14.4 Å². The van der Waals surface area contributed by atoms with Gasteiger partial charge in [0.2, 0.25) is 5.91 Å². The van der Waals surface area contributed by atoms with Gasteiger partial charge in [0.05, 0.1) is 18.6 Å². The van der Waals surface area contributed by atoms with E-state index in [0.717, 1.165) is 11.1 Å². The molecule has 0 radical (unpaired) electrons. The molecule has 0 saturated carbocycles. The van der Waals surface area contributed by atoms with Crippen LogP contribution in [0, 0.1) is 0 Å². The first kappa shape index (κ1) is 23.8. The summed E-state index contributed by atoms with van der Waals surface area (Å²) in [5, 5.41) is 7.95. The lowest BCUT2D eigenvalue weighted by Gasteiger charge is -2.19. The lowest BCUT2D eigenvalue weighted by Crippen LogP contribution is -2.50. The van der Waals surface area contributed by atoms with Crippen molar-refractivity contribution in [2.24, 2.45) is 0 Å². The molecular formula is C22H25N3O5S. The van der Waals surface area contributed by atoms with Crippen molar-refractivity contribution in [1.29, 1.82) is 0 Å². The van der Waals surface area contributed by atoms with Gasteiger partial charge in [-0.15, -0.1) is 0 Å². The Hall–Kier alpha value is -3.46. The molecule has 0 unspecified atom stereocenters. The number of benzene rings is 2. The first-order valence-corrected chi connectivity index (χ1v) is 10.0. The van der Waals surface area contributed by atoms with E-state index >= 15 is 0 Å². The molecule has 31 heavy (non-hydrogen) atoms. The smallest absolute Gasteiger partial charge is 0.408 e. The van der Waals surface area contributed by atoms with E-state index in [2.05, 4.69) is 20.7 Å². The molecule has 0 aliphatic heterocycles. The van der Waals surface area contributed by atoms with Crippen molar-refractivity contribution in [3.63, 3.8) is 0 Å². The van der Waals surface area contributed by atoms with Crippen molar-refractivity contribution in [2.75, 3.05) is 20.2 Å². The molecule has 0 fully saturated rings. The van der Waals surface area contributed by atoms with Crippen LogP contribution in [0.4, 0.5) is 4.79 Å². The van der Waals surface area contributed by atoms with Crippen LogP contribution in [-0.2, 0) is 32.1 Å². The minimum atomic E-state index is -0.867. The van der Waals surface area contributed by atoms with Crippen molar-refractivity contribution < 1.29 is 23.9 Å². The Labute approximate surface area is 186 Å². The fraction of sp³-hybridized carbons (Fsp3) is 0.273. The minimum Gasteiger partial charge on any atom is -0.468 e. The van der Waals surface area contributed by atoms with Gasteiger partial charge in [0, 0.05) is 6.42 Å². The van der Waals surface area contributed by atoms with Crippen molar-refractivity contribution in [3.8, 4) is 0 Å². The summed E-state index contributed by atoms with van der Waals surface area (Å²) in [4.78, 5) is 36.4. The molecule has 0 aliphatic rings. The van der Waals surface area contributed by atoms with Gasteiger partial charge in [-0.2, -0.15) is 0 Å². The molecule has 2 aromatic carbocycles. The van der Waals surface area contributed by atoms with E-state index < -0.39 is 24.0 Å². The molecule has 0 saturated heterocycles. The van der Waals surface area contributed by atoms with Crippen molar-refractivity contribution >= 4 is 35.2 Å². The molecule has 2 amide bonds. The molecule has 0 spiro atoms. The summed E-state index contributed by atoms with van der Waals surface area (Å²) in [5.74, 6) is -0.902. The average Bonchev–Trinajstić information content (AvgIpc) is 2.80. The fourth-order valence-electron chi connectivity index (χ4n) is 2.56. The van der Waals surface area contributed by atoms with Crippen molar-refractivity contribution in [1.82, 2.24) is 16.0 Å². The number of alkyl carbamates (subject to hydrolysis) is 1. The first-order chi connectivity index (χ1) is 15.0. The third-order valence-corrected chi connectivity index (χ3v) is 4.47. The number of methoxy groups -OCH3 is 1. The van der Waals surface area contributed by atoms with Crippen molar-refractivity contribution in [3.05, 3.63) is 71.8 Å². The van der Waals surface area contributed by atoms with Gasteiger partial charge in [-0.25, -0.2) is 4.79 Å². The first-order valence-electron chi connectivity index (χ1n) is 9.60. The van der Waals surface area contributed by atoms with E-state index in [1.807, 2.05) is 60.7 Å². The normalized spacial score (nSPS) is 11.0. The van der Waals surface area contributed by atoms with Crippen LogP contribution in [0.25, 0.3) is 0 Å². The van der Waals surface area contributed by atoms with Gasteiger partial charge in [0.1, 0.15) is 19.2 Å². The van der Waals surface area contributed by atoms with Crippen LogP contribution in [0.1, 0.15) is 11.1 Å². The molecular weight excluding hydrogens is 418 g/mol. The van der Waals surface area contributed by atoms with E-state index in [-0.39, 0.29) is 31.1 Å². The molecule has 0 aliphatic carbocycles. The number of thiocarbonyl (C=S) groups is 1. The van der Waals surface area contributed by atoms with Gasteiger partial charge < -0.3 is 25.4 Å². The predicted molar refractivity (Wildman–Crippen MR) is 119 cm³/mol. The summed E-state index contributed by atoms with van der Waals surface area (Å²) >= 11 is 5.09. The van der Waals surface area contributed by atoms with E-state index in [4.69, 9.17) is 17.0 Å². The van der Waals surface area contributed by atoms with Gasteiger partial charge in [0.15, 0.2) is 0 Å². The molecule has 1 atom stereocenters. The van der Waals surface area contributed by atoms with Gasteiger partial charge in [-0.05, 0) is 11.1 Å². The number of rotatable bonds is 10. The van der Waals surface area contributed by atoms with Crippen LogP contribution >= 0.6 is 12.2 Å². The maximum absolute atomic E-state index is 12.7. The predicted octanol–water partition coefficient (Wildman–Crippen LogP) is 1.73. The van der Waals surface area contributed by atoms with Gasteiger partial charge >= 0.3 is 12.1 Å². The highest BCUT2D eigenvalue weighted by atomic mass is 32.1. The standard InChI is InChI=1S/C22H25N3O5S/c1-29-20(26)14-23-19(31)13-24-21(27)18(12-16-8-4-2-5-9-16)25-22(28)30-15-17-10-6-3-7-11-17/h2-11,18H,12-15H2,1H3,(H,23,31)(H,24,27)(H,25,28)/t18-/m0/s1. The monoisotopic (exact) mass is 443 g/mol. The van der Waals surface area contributed by atoms with Crippen LogP contribution < -0.4 is 16.0 Å². The average molecular weight is 444 g/mol. The lowest BCUT2D eigenvalue weighted by atomic mass is 10.1. The number of hydrogen-bond donors (Lipinski definition) is 3. The zero-order chi connectivity index (χ0) is 22.5. The molecule has 0 bridgehead atoms. The number of nitrogens with one attached hydrogen (secondary N) is 3. The van der Waals surface area contributed by atoms with Crippen LogP contribution in [0.5, 0.6) is 0 Å². The number of esters is 1. The zero-order valence-corrected chi connectivity index (χ0v) is 17.9. The lowest BCUT2D eigenvalue weighted by molar-refractivity contribution is -0.139. The summed E-state index contributed by atoms with van der Waals surface area (Å²) < 4.78 is 9.75.